The van der Waals surface area contributed by atoms with Crippen molar-refractivity contribution in [1.82, 2.24) is 0 Å². The Morgan fingerprint density at radius 3 is 2.56 bits per heavy atom. The summed E-state index contributed by atoms with van der Waals surface area (Å²) < 4.78 is 0. The van der Waals surface area contributed by atoms with E-state index >= 15 is 0 Å². The fraction of sp³-hybridized carbons (Fsp3) is 0. The number of benzene rings is 2. The summed E-state index contributed by atoms with van der Waals surface area (Å²) in [6.45, 7) is 0. The fourth-order valence-electron chi connectivity index (χ4n) is 1.75. The maximum atomic E-state index is 11.5. The Labute approximate surface area is 152 Å². The number of nitrogens with one attached hydrogen (secondary N) is 2. The van der Waals surface area contributed by atoms with Gasteiger partial charge in [-0.1, -0.05) is 23.4 Å². The van der Waals surface area contributed by atoms with Gasteiger partial charge in [-0.3, -0.25) is 10.8 Å². The highest BCUT2D eigenvalue weighted by Gasteiger charge is 2.13. The van der Waals surface area contributed by atoms with Gasteiger partial charge in [0.25, 0.3) is 0 Å². The van der Waals surface area contributed by atoms with Crippen LogP contribution in [0.2, 0.25) is 5.02 Å². The molecule has 0 amide bonds. The molecule has 0 radical (unpaired) electrons. The molecule has 2 aromatic carbocycles. The molecule has 0 aliphatic heterocycles. The zero-order valence-corrected chi connectivity index (χ0v) is 14.2. The molecule has 0 saturated carbocycles. The molecule has 5 N–H and O–H groups in total. The van der Waals surface area contributed by atoms with Crippen LogP contribution in [0.3, 0.4) is 0 Å². The van der Waals surface area contributed by atoms with E-state index in [0.29, 0.717) is 15.6 Å². The largest absolute Gasteiger partial charge is 0.478 e. The summed E-state index contributed by atoms with van der Waals surface area (Å²) in [6.07, 6.45) is 0. The predicted octanol–water partition coefficient (Wildman–Crippen LogP) is 3.42. The van der Waals surface area contributed by atoms with E-state index in [1.165, 1.54) is 17.8 Å². The molecule has 2 aromatic rings. The summed E-state index contributed by atoms with van der Waals surface area (Å²) in [7, 11) is 0. The number of halogens is 1. The molecule has 0 aliphatic rings. The van der Waals surface area contributed by atoms with Gasteiger partial charge in [-0.05, 0) is 42.5 Å². The molecule has 0 atom stereocenters. The molecule has 25 heavy (non-hydrogen) atoms. The topological polar surface area (TPSA) is 135 Å². The Balaban J connectivity index is 2.28. The van der Waals surface area contributed by atoms with Gasteiger partial charge in [0.2, 0.25) is 5.71 Å². The van der Waals surface area contributed by atoms with E-state index in [1.54, 1.807) is 42.5 Å². The van der Waals surface area contributed by atoms with Crippen LogP contribution in [0.4, 0.5) is 5.69 Å². The lowest BCUT2D eigenvalue weighted by atomic mass is 10.2. The Bertz CT molecular complexity index is 890. The normalized spacial score (nSPS) is 10.8. The van der Waals surface area contributed by atoms with Crippen molar-refractivity contribution in [1.29, 1.82) is 10.7 Å². The van der Waals surface area contributed by atoms with Gasteiger partial charge in [0.15, 0.2) is 5.84 Å². The van der Waals surface area contributed by atoms with Gasteiger partial charge in [-0.2, -0.15) is 10.4 Å². The van der Waals surface area contributed by atoms with Gasteiger partial charge in [0.05, 0.1) is 11.3 Å². The van der Waals surface area contributed by atoms with Gasteiger partial charge in [-0.15, -0.1) is 0 Å². The Kier molecular flexibility index (Phi) is 6.00. The monoisotopic (exact) mass is 373 g/mol. The molecule has 0 bridgehead atoms. The molecule has 0 spiro atoms. The first kappa shape index (κ1) is 18.3. The first-order chi connectivity index (χ1) is 11.9. The number of nitrogens with zero attached hydrogens (tertiary/aromatic N) is 2. The van der Waals surface area contributed by atoms with Gasteiger partial charge in [0.1, 0.15) is 6.07 Å². The Morgan fingerprint density at radius 2 is 2.00 bits per heavy atom. The molecule has 2 rings (SSSR count). The lowest BCUT2D eigenvalue weighted by molar-refractivity contribution is 0.0693. The van der Waals surface area contributed by atoms with Crippen molar-refractivity contribution in [2.24, 2.45) is 10.8 Å². The summed E-state index contributed by atoms with van der Waals surface area (Å²) in [6, 6.07) is 13.3. The molecule has 7 nitrogen and oxygen atoms in total. The quantitative estimate of drug-likeness (QED) is 0.348. The third kappa shape index (κ3) is 4.97. The number of amidine groups is 1. The summed E-state index contributed by atoms with van der Waals surface area (Å²) in [4.78, 5) is 12.9. The van der Waals surface area contributed by atoms with Crippen LogP contribution in [0, 0.1) is 16.7 Å². The number of carboxylic acid groups (broad SMARTS) is 1. The third-order valence-electron chi connectivity index (χ3n) is 2.91. The molecular formula is C16H12ClN5O2S. The standard InChI is InChI=1S/C16H12ClN5O2S/c17-9-1-4-11(5-2-9)25-14-6-3-10(7-12(14)16(23)24)21-22-13(8-18)15(19)20/h1-7,21H,(H3,19,20)(H,23,24)/b22-13+. The number of aromatic carboxylic acids is 1. The van der Waals surface area contributed by atoms with Gasteiger partial charge >= 0.3 is 5.97 Å². The number of carboxylic acids is 1. The van der Waals surface area contributed by atoms with Crippen molar-refractivity contribution >= 4 is 46.6 Å². The van der Waals surface area contributed by atoms with Crippen molar-refractivity contribution in [3.05, 3.63) is 53.1 Å². The predicted molar refractivity (Wildman–Crippen MR) is 97.6 cm³/mol. The van der Waals surface area contributed by atoms with E-state index in [1.807, 2.05) is 0 Å². The number of nitriles is 1. The maximum absolute atomic E-state index is 11.5. The summed E-state index contributed by atoms with van der Waals surface area (Å²) in [5.74, 6) is -1.58. The SMILES string of the molecule is N#C/C(=N\Nc1ccc(Sc2ccc(Cl)cc2)c(C(=O)O)c1)C(=N)N. The van der Waals surface area contributed by atoms with E-state index in [-0.39, 0.29) is 11.3 Å². The summed E-state index contributed by atoms with van der Waals surface area (Å²) in [5, 5.41) is 29.7. The first-order valence-electron chi connectivity index (χ1n) is 6.79. The lowest BCUT2D eigenvalue weighted by Gasteiger charge is -2.09. The fourth-order valence-corrected chi connectivity index (χ4v) is 2.80. The van der Waals surface area contributed by atoms with Crippen LogP contribution < -0.4 is 11.2 Å². The van der Waals surface area contributed by atoms with Crippen LogP contribution in [-0.2, 0) is 0 Å². The van der Waals surface area contributed by atoms with E-state index in [0.717, 1.165) is 4.90 Å². The Hall–Kier alpha value is -3.02. The zero-order valence-electron chi connectivity index (χ0n) is 12.7. The molecule has 0 saturated heterocycles. The number of nitrogens with two attached hydrogens (primary N) is 1. The van der Waals surface area contributed by atoms with Crippen molar-refractivity contribution < 1.29 is 9.90 Å². The van der Waals surface area contributed by atoms with Crippen LogP contribution in [0.15, 0.2) is 57.4 Å². The van der Waals surface area contributed by atoms with E-state index in [4.69, 9.17) is 28.0 Å². The third-order valence-corrected chi connectivity index (χ3v) is 4.24. The lowest BCUT2D eigenvalue weighted by Crippen LogP contribution is -2.21. The van der Waals surface area contributed by atoms with E-state index in [2.05, 4.69) is 10.5 Å². The summed E-state index contributed by atoms with van der Waals surface area (Å²) >= 11 is 7.12. The number of hydrogen-bond acceptors (Lipinski definition) is 6. The molecule has 0 aromatic heterocycles. The molecule has 0 fully saturated rings. The molecular weight excluding hydrogens is 362 g/mol. The number of hydrazone groups is 1. The highest BCUT2D eigenvalue weighted by molar-refractivity contribution is 7.99. The van der Waals surface area contributed by atoms with Crippen molar-refractivity contribution in [3.8, 4) is 6.07 Å². The second-order valence-electron chi connectivity index (χ2n) is 4.67. The van der Waals surface area contributed by atoms with Gasteiger partial charge < -0.3 is 10.8 Å². The summed E-state index contributed by atoms with van der Waals surface area (Å²) in [5.41, 5.74) is 7.85. The number of hydrogen-bond donors (Lipinski definition) is 4. The van der Waals surface area contributed by atoms with Gasteiger partial charge in [-0.25, -0.2) is 4.79 Å². The van der Waals surface area contributed by atoms with E-state index < -0.39 is 11.8 Å². The number of anilines is 1. The van der Waals surface area contributed by atoms with Crippen molar-refractivity contribution in [3.63, 3.8) is 0 Å². The van der Waals surface area contributed by atoms with Crippen LogP contribution in [0.5, 0.6) is 0 Å². The van der Waals surface area contributed by atoms with Crippen LogP contribution in [0.25, 0.3) is 0 Å². The second kappa shape index (κ2) is 8.19. The van der Waals surface area contributed by atoms with Crippen LogP contribution in [0.1, 0.15) is 10.4 Å². The van der Waals surface area contributed by atoms with Crippen molar-refractivity contribution in [2.45, 2.75) is 9.79 Å². The minimum absolute atomic E-state index is 0.0708. The second-order valence-corrected chi connectivity index (χ2v) is 6.22. The average molecular weight is 374 g/mol. The highest BCUT2D eigenvalue weighted by atomic mass is 35.5. The van der Waals surface area contributed by atoms with Crippen LogP contribution >= 0.6 is 23.4 Å². The molecule has 0 unspecified atom stereocenters. The molecule has 9 heteroatoms. The van der Waals surface area contributed by atoms with Gasteiger partial charge in [0, 0.05) is 14.8 Å². The maximum Gasteiger partial charge on any atom is 0.336 e. The molecule has 0 aliphatic carbocycles. The smallest absolute Gasteiger partial charge is 0.336 e. The first-order valence-corrected chi connectivity index (χ1v) is 7.99. The minimum Gasteiger partial charge on any atom is -0.478 e. The average Bonchev–Trinajstić information content (AvgIpc) is 2.58. The molecule has 0 heterocycles. The van der Waals surface area contributed by atoms with E-state index in [9.17, 15) is 9.90 Å². The molecule has 126 valence electrons. The van der Waals surface area contributed by atoms with Crippen LogP contribution in [-0.4, -0.2) is 22.6 Å². The Morgan fingerprint density at radius 1 is 1.32 bits per heavy atom. The minimum atomic E-state index is -1.10. The van der Waals surface area contributed by atoms with Crippen molar-refractivity contribution in [2.75, 3.05) is 5.43 Å². The number of carbonyl (C=O) groups is 1. The number of rotatable bonds is 6. The highest BCUT2D eigenvalue weighted by Crippen LogP contribution is 2.32. The zero-order chi connectivity index (χ0) is 18.4.